The number of hydrogen-bond acceptors (Lipinski definition) is 1. The molecule has 57 heavy (non-hydrogen) atoms. The first kappa shape index (κ1) is 32.9. The smallest absolute Gasteiger partial charge is 0.0468 e. The Morgan fingerprint density at radius 2 is 0.789 bits per heavy atom. The lowest BCUT2D eigenvalue weighted by molar-refractivity contribution is 1.28. The zero-order chi connectivity index (χ0) is 37.7. The van der Waals surface area contributed by atoms with Gasteiger partial charge in [0.25, 0.3) is 0 Å². The summed E-state index contributed by atoms with van der Waals surface area (Å²) in [5.74, 6) is 0. The number of anilines is 3. The summed E-state index contributed by atoms with van der Waals surface area (Å²) < 4.78 is 0. The third kappa shape index (κ3) is 5.63. The van der Waals surface area contributed by atoms with Crippen LogP contribution in [0.4, 0.5) is 17.1 Å². The molecule has 0 heterocycles. The summed E-state index contributed by atoms with van der Waals surface area (Å²) in [7, 11) is 0. The van der Waals surface area contributed by atoms with Gasteiger partial charge >= 0.3 is 0 Å². The largest absolute Gasteiger partial charge is 0.310 e. The second-order valence-corrected chi connectivity index (χ2v) is 14.9. The highest BCUT2D eigenvalue weighted by Gasteiger charge is 2.19. The lowest BCUT2D eigenvalue weighted by Gasteiger charge is -2.27. The van der Waals surface area contributed by atoms with E-state index in [1.54, 1.807) is 0 Å². The highest BCUT2D eigenvalue weighted by Crippen LogP contribution is 2.44. The van der Waals surface area contributed by atoms with Crippen molar-refractivity contribution in [1.82, 2.24) is 0 Å². The van der Waals surface area contributed by atoms with Crippen molar-refractivity contribution < 1.29 is 0 Å². The molecular weight excluding hydrogens is 687 g/mol. The van der Waals surface area contributed by atoms with E-state index >= 15 is 0 Å². The Morgan fingerprint density at radius 1 is 0.228 bits per heavy atom. The van der Waals surface area contributed by atoms with Crippen molar-refractivity contribution in [2.45, 2.75) is 0 Å². The summed E-state index contributed by atoms with van der Waals surface area (Å²) in [4.78, 5) is 2.38. The number of fused-ring (bicyclic) bond motifs is 8. The van der Waals surface area contributed by atoms with Crippen LogP contribution in [0.1, 0.15) is 0 Å². The van der Waals surface area contributed by atoms with Gasteiger partial charge in [0.15, 0.2) is 0 Å². The normalized spacial score (nSPS) is 11.5. The maximum absolute atomic E-state index is 2.38. The van der Waals surface area contributed by atoms with Crippen molar-refractivity contribution in [1.29, 1.82) is 0 Å². The highest BCUT2D eigenvalue weighted by atomic mass is 15.1. The quantitative estimate of drug-likeness (QED) is 0.154. The zero-order valence-electron chi connectivity index (χ0n) is 31.3. The molecular formula is C56H37N. The fourth-order valence-corrected chi connectivity index (χ4v) is 8.97. The van der Waals surface area contributed by atoms with E-state index in [1.165, 1.54) is 87.2 Å². The summed E-state index contributed by atoms with van der Waals surface area (Å²) in [5, 5.41) is 12.7. The van der Waals surface area contributed by atoms with Gasteiger partial charge in [-0.25, -0.2) is 0 Å². The summed E-state index contributed by atoms with van der Waals surface area (Å²) >= 11 is 0. The van der Waals surface area contributed by atoms with Crippen molar-refractivity contribution in [2.75, 3.05) is 4.90 Å². The molecule has 1 heteroatoms. The van der Waals surface area contributed by atoms with Gasteiger partial charge in [-0.3, -0.25) is 0 Å². The number of para-hydroxylation sites is 1. The number of nitrogens with zero attached hydrogens (tertiary/aromatic N) is 1. The average Bonchev–Trinajstić information content (AvgIpc) is 3.29. The fourth-order valence-electron chi connectivity index (χ4n) is 8.97. The Morgan fingerprint density at radius 3 is 1.60 bits per heavy atom. The summed E-state index contributed by atoms with van der Waals surface area (Å²) in [5.41, 5.74) is 10.6. The molecule has 0 aliphatic heterocycles. The second kappa shape index (κ2) is 13.7. The fraction of sp³-hybridized carbons (Fsp3) is 0. The maximum Gasteiger partial charge on any atom is 0.0468 e. The predicted octanol–water partition coefficient (Wildman–Crippen LogP) is 15.9. The average molecular weight is 724 g/mol. The van der Waals surface area contributed by atoms with Crippen molar-refractivity contribution in [2.24, 2.45) is 0 Å². The minimum atomic E-state index is 1.10. The standard InChI is InChI=1S/C56H37N/c1-3-14-38(15-4-1)55-37-45(33-35-52(55)49-24-13-25-53-51(49)34-30-41-27-26-39-16-7-10-21-47(39)56(41)53)57(43-18-5-2-6-19-43)44-31-28-40(29-32-44)54-36-42-17-8-9-20-46(42)48-22-11-12-23-50(48)54/h1-37H. The van der Waals surface area contributed by atoms with E-state index in [9.17, 15) is 0 Å². The van der Waals surface area contributed by atoms with Crippen LogP contribution in [0, 0.1) is 0 Å². The SMILES string of the molecule is c1ccc(-c2cc(N(c3ccccc3)c3ccc(-c4cc5ccccc5c5ccccc45)cc3)ccc2-c2cccc3c2ccc2ccc4ccccc4c23)cc1. The summed E-state index contributed by atoms with van der Waals surface area (Å²) in [6, 6.07) is 82.0. The lowest BCUT2D eigenvalue weighted by Crippen LogP contribution is -2.10. The lowest BCUT2D eigenvalue weighted by atomic mass is 9.88. The molecule has 0 aromatic heterocycles. The third-order valence-corrected chi connectivity index (χ3v) is 11.6. The first-order chi connectivity index (χ1) is 28.3. The molecule has 11 aromatic carbocycles. The van der Waals surface area contributed by atoms with Gasteiger partial charge in [0.1, 0.15) is 0 Å². The van der Waals surface area contributed by atoms with Gasteiger partial charge in [-0.05, 0) is 130 Å². The van der Waals surface area contributed by atoms with Gasteiger partial charge in [-0.1, -0.05) is 182 Å². The van der Waals surface area contributed by atoms with Crippen LogP contribution in [0.5, 0.6) is 0 Å². The Kier molecular flexibility index (Phi) is 7.89. The zero-order valence-corrected chi connectivity index (χ0v) is 31.3. The molecule has 266 valence electrons. The first-order valence-corrected chi connectivity index (χ1v) is 19.7. The highest BCUT2D eigenvalue weighted by molar-refractivity contribution is 6.22. The van der Waals surface area contributed by atoms with Crippen molar-refractivity contribution in [3.63, 3.8) is 0 Å². The molecule has 0 unspecified atom stereocenters. The van der Waals surface area contributed by atoms with Crippen LogP contribution < -0.4 is 4.90 Å². The van der Waals surface area contributed by atoms with Crippen molar-refractivity contribution in [3.8, 4) is 33.4 Å². The van der Waals surface area contributed by atoms with Crippen molar-refractivity contribution >= 4 is 70.9 Å². The monoisotopic (exact) mass is 723 g/mol. The summed E-state index contributed by atoms with van der Waals surface area (Å²) in [6.07, 6.45) is 0. The van der Waals surface area contributed by atoms with Gasteiger partial charge in [-0.2, -0.15) is 0 Å². The molecule has 0 saturated heterocycles. The van der Waals surface area contributed by atoms with Crippen molar-refractivity contribution in [3.05, 3.63) is 224 Å². The predicted molar refractivity (Wildman–Crippen MR) is 245 cm³/mol. The van der Waals surface area contributed by atoms with Gasteiger partial charge < -0.3 is 4.90 Å². The molecule has 0 amide bonds. The topological polar surface area (TPSA) is 3.24 Å². The van der Waals surface area contributed by atoms with Crippen LogP contribution in [-0.4, -0.2) is 0 Å². The summed E-state index contributed by atoms with van der Waals surface area (Å²) in [6.45, 7) is 0. The molecule has 11 rings (SSSR count). The molecule has 0 N–H and O–H groups in total. The molecule has 1 nitrogen and oxygen atoms in total. The van der Waals surface area contributed by atoms with Crippen LogP contribution in [-0.2, 0) is 0 Å². The molecule has 0 radical (unpaired) electrons. The van der Waals surface area contributed by atoms with E-state index in [1.807, 2.05) is 0 Å². The van der Waals surface area contributed by atoms with Crippen LogP contribution in [0.3, 0.4) is 0 Å². The van der Waals surface area contributed by atoms with Crippen LogP contribution in [0.25, 0.3) is 87.2 Å². The molecule has 11 aromatic rings. The molecule has 0 atom stereocenters. The number of hydrogen-bond donors (Lipinski definition) is 0. The Labute approximate surface area is 332 Å². The van der Waals surface area contributed by atoms with Gasteiger partial charge in [0.2, 0.25) is 0 Å². The first-order valence-electron chi connectivity index (χ1n) is 19.7. The molecule has 0 spiro atoms. The maximum atomic E-state index is 2.38. The van der Waals surface area contributed by atoms with Crippen LogP contribution in [0.2, 0.25) is 0 Å². The Balaban J connectivity index is 1.08. The van der Waals surface area contributed by atoms with E-state index in [4.69, 9.17) is 0 Å². The van der Waals surface area contributed by atoms with Gasteiger partial charge in [0, 0.05) is 17.1 Å². The van der Waals surface area contributed by atoms with Crippen LogP contribution >= 0.6 is 0 Å². The molecule has 0 aliphatic carbocycles. The molecule has 0 bridgehead atoms. The van der Waals surface area contributed by atoms with Gasteiger partial charge in [-0.15, -0.1) is 0 Å². The molecule has 0 saturated carbocycles. The van der Waals surface area contributed by atoms with E-state index in [2.05, 4.69) is 229 Å². The third-order valence-electron chi connectivity index (χ3n) is 11.6. The Hall–Kier alpha value is -7.48. The minimum Gasteiger partial charge on any atom is -0.310 e. The number of benzene rings is 11. The van der Waals surface area contributed by atoms with E-state index in [0.29, 0.717) is 0 Å². The molecule has 0 aliphatic rings. The minimum absolute atomic E-state index is 1.10. The van der Waals surface area contributed by atoms with Crippen LogP contribution in [0.15, 0.2) is 224 Å². The Bertz CT molecular complexity index is 3270. The van der Waals surface area contributed by atoms with E-state index < -0.39 is 0 Å². The number of rotatable bonds is 6. The van der Waals surface area contributed by atoms with E-state index in [-0.39, 0.29) is 0 Å². The molecule has 0 fully saturated rings. The van der Waals surface area contributed by atoms with Gasteiger partial charge in [0.05, 0.1) is 0 Å². The second-order valence-electron chi connectivity index (χ2n) is 14.9. The van der Waals surface area contributed by atoms with E-state index in [0.717, 1.165) is 17.1 Å².